The molecule has 0 aliphatic heterocycles. The van der Waals surface area contributed by atoms with E-state index in [-0.39, 0.29) is 18.7 Å². The van der Waals surface area contributed by atoms with Gasteiger partial charge in [-0.1, -0.05) is 11.8 Å². The second kappa shape index (κ2) is 16.8. The number of hydrogen-bond acceptors (Lipinski definition) is 7. The van der Waals surface area contributed by atoms with Gasteiger partial charge in [-0.3, -0.25) is 4.79 Å². The molecule has 32 heavy (non-hydrogen) atoms. The number of hydrogen-bond donors (Lipinski definition) is 0. The van der Waals surface area contributed by atoms with Crippen LogP contribution in [-0.2, 0) is 18.8 Å². The summed E-state index contributed by atoms with van der Waals surface area (Å²) in [6, 6.07) is 1.44. The van der Waals surface area contributed by atoms with Crippen molar-refractivity contribution in [1.29, 1.82) is 0 Å². The summed E-state index contributed by atoms with van der Waals surface area (Å²) in [4.78, 5) is 12.3. The predicted molar refractivity (Wildman–Crippen MR) is 138 cm³/mol. The van der Waals surface area contributed by atoms with Gasteiger partial charge >= 0.3 is 0 Å². The van der Waals surface area contributed by atoms with Gasteiger partial charge in [-0.25, -0.2) is 9.34 Å². The van der Waals surface area contributed by atoms with Crippen LogP contribution in [0, 0.1) is 0 Å². The van der Waals surface area contributed by atoms with Crippen LogP contribution in [0.1, 0.15) is 76.2 Å². The van der Waals surface area contributed by atoms with Gasteiger partial charge in [0.15, 0.2) is 22.0 Å². The Balaban J connectivity index is 4.62. The van der Waals surface area contributed by atoms with Crippen LogP contribution in [-0.4, -0.2) is 88.8 Å². The molecule has 0 aromatic rings. The third kappa shape index (κ3) is 11.1. The summed E-state index contributed by atoms with van der Waals surface area (Å²) in [5.74, 6) is 0.305. The van der Waals surface area contributed by atoms with E-state index in [4.69, 9.17) is 14.0 Å². The first-order valence-electron chi connectivity index (χ1n) is 12.1. The molecule has 0 aliphatic rings. The van der Waals surface area contributed by atoms with Crippen LogP contribution in [0.2, 0.25) is 0 Å². The van der Waals surface area contributed by atoms with Gasteiger partial charge in [0.25, 0.3) is 0 Å². The van der Waals surface area contributed by atoms with Gasteiger partial charge in [0.2, 0.25) is 5.12 Å². The summed E-state index contributed by atoms with van der Waals surface area (Å²) < 4.78 is 23.1. The predicted octanol–water partition coefficient (Wildman–Crippen LogP) is 5.51. The molecule has 0 rings (SSSR count). The largest absolute Gasteiger partial charge is 0.344 e. The van der Waals surface area contributed by atoms with Crippen LogP contribution in [0.25, 0.3) is 0 Å². The van der Waals surface area contributed by atoms with Crippen LogP contribution in [0.5, 0.6) is 0 Å². The normalized spacial score (nSPS) is 13.2. The van der Waals surface area contributed by atoms with Crippen molar-refractivity contribution >= 4 is 25.3 Å². The molecule has 0 saturated carbocycles. The number of quaternary nitrogens is 1. The number of nitrogens with zero attached hydrogens (tertiary/aromatic N) is 3. The van der Waals surface area contributed by atoms with Crippen molar-refractivity contribution in [3.8, 4) is 0 Å². The lowest BCUT2D eigenvalue weighted by Crippen LogP contribution is -2.50. The lowest BCUT2D eigenvalue weighted by molar-refractivity contribution is -0.915. The Morgan fingerprint density at radius 3 is 1.59 bits per heavy atom. The molecule has 0 aromatic heterocycles. The molecule has 192 valence electrons. The van der Waals surface area contributed by atoms with Gasteiger partial charge in [0.05, 0.1) is 19.6 Å². The van der Waals surface area contributed by atoms with Crippen LogP contribution in [0.4, 0.5) is 0 Å². The highest BCUT2D eigenvalue weighted by atomic mass is 32.2. The van der Waals surface area contributed by atoms with E-state index in [0.717, 1.165) is 24.1 Å². The zero-order valence-electron chi connectivity index (χ0n) is 22.6. The topological polar surface area (TPSA) is 51.2 Å². The lowest BCUT2D eigenvalue weighted by Gasteiger charge is -2.45. The van der Waals surface area contributed by atoms with E-state index in [1.54, 1.807) is 0 Å². The first-order valence-corrected chi connectivity index (χ1v) is 14.3. The summed E-state index contributed by atoms with van der Waals surface area (Å²) >= 11 is 1.23. The van der Waals surface area contributed by atoms with E-state index in [1.807, 2.05) is 0 Å². The molecule has 0 aromatic carbocycles. The number of thioether (sulfide) groups is 1. The summed E-state index contributed by atoms with van der Waals surface area (Å²) in [6.45, 7) is 27.8. The van der Waals surface area contributed by atoms with Crippen molar-refractivity contribution in [3.63, 3.8) is 0 Å². The SMILES string of the molecule is CC[N+](CC)(CC)CC(=O)SCOCOCOP(N(C(C)C)C(C)C)N(C(C)C)C(C)C. The smallest absolute Gasteiger partial charge is 0.245 e. The summed E-state index contributed by atoms with van der Waals surface area (Å²) in [7, 11) is -0.977. The van der Waals surface area contributed by atoms with E-state index in [0.29, 0.717) is 36.7 Å². The minimum atomic E-state index is -0.977. The minimum Gasteiger partial charge on any atom is -0.344 e. The number of carbonyl (C=O) groups excluding carboxylic acids is 1. The summed E-state index contributed by atoms with van der Waals surface area (Å²) in [5, 5.41) is 0.171. The molecule has 0 atom stereocenters. The molecule has 0 fully saturated rings. The van der Waals surface area contributed by atoms with Crippen molar-refractivity contribution in [3.05, 3.63) is 0 Å². The van der Waals surface area contributed by atoms with Gasteiger partial charge in [0.1, 0.15) is 12.5 Å². The van der Waals surface area contributed by atoms with Gasteiger partial charge in [-0.05, 0) is 76.2 Å². The van der Waals surface area contributed by atoms with E-state index in [9.17, 15) is 4.79 Å². The number of carbonyl (C=O) groups is 1. The number of rotatable bonds is 18. The molecule has 0 spiro atoms. The molecule has 0 amide bonds. The molecule has 0 unspecified atom stereocenters. The lowest BCUT2D eigenvalue weighted by atomic mass is 10.3. The van der Waals surface area contributed by atoms with Gasteiger partial charge in [0, 0.05) is 24.2 Å². The first-order chi connectivity index (χ1) is 15.0. The highest BCUT2D eigenvalue weighted by molar-refractivity contribution is 8.13. The second-order valence-electron chi connectivity index (χ2n) is 9.24. The third-order valence-electron chi connectivity index (χ3n) is 5.71. The minimum absolute atomic E-state index is 0.117. The van der Waals surface area contributed by atoms with E-state index < -0.39 is 8.45 Å². The van der Waals surface area contributed by atoms with E-state index >= 15 is 0 Å². The van der Waals surface area contributed by atoms with Crippen molar-refractivity contribution < 1.29 is 23.3 Å². The third-order valence-corrected chi connectivity index (χ3v) is 9.42. The Morgan fingerprint density at radius 1 is 0.781 bits per heavy atom. The fourth-order valence-corrected chi connectivity index (χ4v) is 6.78. The molecule has 0 saturated heterocycles. The van der Waals surface area contributed by atoms with Crippen LogP contribution in [0.3, 0.4) is 0 Å². The summed E-state index contributed by atoms with van der Waals surface area (Å²) in [6.07, 6.45) is 0. The van der Waals surface area contributed by atoms with Crippen LogP contribution < -0.4 is 0 Å². The second-order valence-corrected chi connectivity index (χ2v) is 11.9. The van der Waals surface area contributed by atoms with Gasteiger partial charge in [-0.15, -0.1) is 0 Å². The van der Waals surface area contributed by atoms with Crippen LogP contribution >= 0.6 is 20.2 Å². The fourth-order valence-electron chi connectivity index (χ4n) is 3.88. The number of ether oxygens (including phenoxy) is 2. The molecular formula is C23H51N3O4PS+. The Bertz CT molecular complexity index is 461. The zero-order chi connectivity index (χ0) is 24.9. The highest BCUT2D eigenvalue weighted by Gasteiger charge is 2.34. The molecule has 0 bridgehead atoms. The molecule has 0 heterocycles. The molecule has 7 nitrogen and oxygen atoms in total. The first kappa shape index (κ1) is 32.2. The van der Waals surface area contributed by atoms with E-state index in [2.05, 4.69) is 85.5 Å². The monoisotopic (exact) mass is 496 g/mol. The molecule has 9 heteroatoms. The highest BCUT2D eigenvalue weighted by Crippen LogP contribution is 2.50. The standard InChI is InChI=1S/C23H51N3O4PS/c1-12-26(13-2,14-3)15-23(27)32-18-29-16-28-17-30-31(24(19(4)5)20(6)7)25(21(8)9)22(10)11/h19-22H,12-18H2,1-11H3/q+1. The average molecular weight is 497 g/mol. The van der Waals surface area contributed by atoms with Crippen molar-refractivity contribution in [2.24, 2.45) is 0 Å². The Hall–Kier alpha value is 0.210. The zero-order valence-corrected chi connectivity index (χ0v) is 24.3. The Kier molecular flexibility index (Phi) is 16.9. The van der Waals surface area contributed by atoms with Crippen LogP contribution in [0.15, 0.2) is 0 Å². The van der Waals surface area contributed by atoms with Crippen molar-refractivity contribution in [2.75, 3.05) is 45.7 Å². The molecular weight excluding hydrogens is 445 g/mol. The molecule has 0 aliphatic carbocycles. The molecule has 0 radical (unpaired) electrons. The Morgan fingerprint density at radius 2 is 1.22 bits per heavy atom. The molecule has 0 N–H and O–H groups in total. The quantitative estimate of drug-likeness (QED) is 0.107. The Labute approximate surface area is 204 Å². The maximum Gasteiger partial charge on any atom is 0.245 e. The van der Waals surface area contributed by atoms with Gasteiger partial charge < -0.3 is 18.5 Å². The maximum atomic E-state index is 12.3. The maximum absolute atomic E-state index is 12.3. The van der Waals surface area contributed by atoms with Crippen molar-refractivity contribution in [2.45, 2.75) is 100 Å². The summed E-state index contributed by atoms with van der Waals surface area (Å²) in [5.41, 5.74) is 0. The fraction of sp³-hybridized carbons (Fsp3) is 0.957. The average Bonchev–Trinajstić information content (AvgIpc) is 2.70. The number of likely N-dealkylation sites (N-methyl/N-ethyl adjacent to an activating group) is 1. The van der Waals surface area contributed by atoms with Crippen molar-refractivity contribution in [1.82, 2.24) is 9.34 Å². The van der Waals surface area contributed by atoms with Gasteiger partial charge in [-0.2, -0.15) is 0 Å². The van der Waals surface area contributed by atoms with E-state index in [1.165, 1.54) is 11.8 Å².